The topological polar surface area (TPSA) is 75.0 Å². The minimum Gasteiger partial charge on any atom is -0.489 e. The molecule has 0 bridgehead atoms. The molecule has 3 rings (SSSR count). The lowest BCUT2D eigenvalue weighted by Gasteiger charge is -2.06. The van der Waals surface area contributed by atoms with Gasteiger partial charge < -0.3 is 9.47 Å². The highest BCUT2D eigenvalue weighted by atomic mass is 35.5. The van der Waals surface area contributed by atoms with Crippen molar-refractivity contribution in [1.29, 1.82) is 0 Å². The van der Waals surface area contributed by atoms with Crippen molar-refractivity contribution in [2.24, 2.45) is 0 Å². The van der Waals surface area contributed by atoms with Gasteiger partial charge in [-0.2, -0.15) is 9.97 Å². The van der Waals surface area contributed by atoms with Crippen molar-refractivity contribution < 1.29 is 9.47 Å². The minimum atomic E-state index is 0.131. The van der Waals surface area contributed by atoms with Crippen LogP contribution < -0.4 is 9.47 Å². The zero-order valence-corrected chi connectivity index (χ0v) is 11.7. The summed E-state index contributed by atoms with van der Waals surface area (Å²) in [6, 6.07) is 9.68. The summed E-state index contributed by atoms with van der Waals surface area (Å²) in [6.45, 7) is 0. The Balaban J connectivity index is 1.87. The third-order valence-corrected chi connectivity index (χ3v) is 2.88. The van der Waals surface area contributed by atoms with Crippen LogP contribution in [0.1, 0.15) is 0 Å². The van der Waals surface area contributed by atoms with Gasteiger partial charge in [-0.25, -0.2) is 9.67 Å². The van der Waals surface area contributed by atoms with Gasteiger partial charge in [-0.15, -0.1) is 5.10 Å². The quantitative estimate of drug-likeness (QED) is 0.689. The molecular weight excluding hydrogens is 294 g/mol. The van der Waals surface area contributed by atoms with Gasteiger partial charge in [0.1, 0.15) is 12.7 Å². The number of para-hydroxylation sites is 1. The van der Waals surface area contributed by atoms with Gasteiger partial charge in [-0.3, -0.25) is 0 Å². The lowest BCUT2D eigenvalue weighted by atomic mass is 10.3. The number of aromatic nitrogens is 5. The van der Waals surface area contributed by atoms with Crippen molar-refractivity contribution in [2.45, 2.75) is 0 Å². The SMILES string of the molecule is COc1c(Cl)ncnc1Oc1ncn(-c2ccccc2)n1. The maximum atomic E-state index is 5.89. The van der Waals surface area contributed by atoms with Gasteiger partial charge in [-0.1, -0.05) is 29.8 Å². The first-order valence-corrected chi connectivity index (χ1v) is 6.35. The fraction of sp³-hybridized carbons (Fsp3) is 0.0769. The molecule has 0 unspecified atom stereocenters. The summed E-state index contributed by atoms with van der Waals surface area (Å²) in [7, 11) is 1.45. The first-order chi connectivity index (χ1) is 10.3. The Morgan fingerprint density at radius 1 is 1.10 bits per heavy atom. The third kappa shape index (κ3) is 2.77. The van der Waals surface area contributed by atoms with E-state index in [0.29, 0.717) is 0 Å². The summed E-state index contributed by atoms with van der Waals surface area (Å²) in [5.74, 6) is 0.388. The molecule has 3 aromatic rings. The average molecular weight is 304 g/mol. The Morgan fingerprint density at radius 2 is 1.90 bits per heavy atom. The van der Waals surface area contributed by atoms with Gasteiger partial charge in [0.2, 0.25) is 5.75 Å². The van der Waals surface area contributed by atoms with Crippen LogP contribution in [0.25, 0.3) is 5.69 Å². The van der Waals surface area contributed by atoms with Gasteiger partial charge in [0.25, 0.3) is 5.88 Å². The van der Waals surface area contributed by atoms with E-state index in [1.807, 2.05) is 30.3 Å². The Kier molecular flexibility index (Phi) is 3.65. The lowest BCUT2D eigenvalue weighted by Crippen LogP contribution is -1.98. The van der Waals surface area contributed by atoms with E-state index in [1.165, 1.54) is 13.4 Å². The second kappa shape index (κ2) is 5.76. The van der Waals surface area contributed by atoms with E-state index >= 15 is 0 Å². The summed E-state index contributed by atoms with van der Waals surface area (Å²) >= 11 is 5.89. The molecule has 0 aliphatic heterocycles. The van der Waals surface area contributed by atoms with Crippen molar-refractivity contribution in [1.82, 2.24) is 24.7 Å². The van der Waals surface area contributed by atoms with Crippen LogP contribution in [0.4, 0.5) is 0 Å². The molecule has 0 aliphatic rings. The van der Waals surface area contributed by atoms with Crippen LogP contribution in [0.2, 0.25) is 5.15 Å². The van der Waals surface area contributed by atoms with Crippen LogP contribution in [-0.2, 0) is 0 Å². The Hall–Kier alpha value is -2.67. The first kappa shape index (κ1) is 13.3. The molecule has 8 heteroatoms. The van der Waals surface area contributed by atoms with E-state index in [9.17, 15) is 0 Å². The van der Waals surface area contributed by atoms with Crippen LogP contribution >= 0.6 is 11.6 Å². The number of nitrogens with zero attached hydrogens (tertiary/aromatic N) is 5. The zero-order valence-electron chi connectivity index (χ0n) is 11.0. The summed E-state index contributed by atoms with van der Waals surface area (Å²) < 4.78 is 12.2. The number of halogens is 1. The molecule has 0 radical (unpaired) electrons. The third-order valence-electron chi connectivity index (χ3n) is 2.61. The number of hydrogen-bond acceptors (Lipinski definition) is 6. The monoisotopic (exact) mass is 303 g/mol. The van der Waals surface area contributed by atoms with E-state index in [-0.39, 0.29) is 22.8 Å². The Morgan fingerprint density at radius 3 is 2.67 bits per heavy atom. The van der Waals surface area contributed by atoms with Crippen LogP contribution in [0.15, 0.2) is 43.0 Å². The molecule has 0 atom stereocenters. The number of benzene rings is 1. The molecule has 2 heterocycles. The fourth-order valence-electron chi connectivity index (χ4n) is 1.67. The van der Waals surface area contributed by atoms with Crippen molar-refractivity contribution in [2.75, 3.05) is 7.11 Å². The second-order valence-electron chi connectivity index (χ2n) is 3.91. The molecular formula is C13H10ClN5O2. The Bertz CT molecular complexity index is 747. The fourth-order valence-corrected chi connectivity index (χ4v) is 1.87. The largest absolute Gasteiger partial charge is 0.489 e. The van der Waals surface area contributed by atoms with E-state index < -0.39 is 0 Å². The molecule has 2 aromatic heterocycles. The van der Waals surface area contributed by atoms with Crippen molar-refractivity contribution in [3.05, 3.63) is 48.1 Å². The number of ether oxygens (including phenoxy) is 2. The van der Waals surface area contributed by atoms with Crippen molar-refractivity contribution in [3.8, 4) is 23.3 Å². The van der Waals surface area contributed by atoms with Gasteiger partial charge in [0, 0.05) is 0 Å². The minimum absolute atomic E-state index is 0.131. The smallest absolute Gasteiger partial charge is 0.342 e. The molecule has 0 fully saturated rings. The molecule has 21 heavy (non-hydrogen) atoms. The lowest BCUT2D eigenvalue weighted by molar-refractivity contribution is 0.355. The number of methoxy groups -OCH3 is 1. The molecule has 0 N–H and O–H groups in total. The van der Waals surface area contributed by atoms with E-state index in [1.54, 1.807) is 11.0 Å². The highest BCUT2D eigenvalue weighted by Crippen LogP contribution is 2.32. The summed E-state index contributed by atoms with van der Waals surface area (Å²) in [4.78, 5) is 11.8. The number of rotatable bonds is 4. The van der Waals surface area contributed by atoms with Gasteiger partial charge in [0.05, 0.1) is 12.8 Å². The van der Waals surface area contributed by atoms with Crippen LogP contribution in [0.5, 0.6) is 17.6 Å². The zero-order chi connectivity index (χ0) is 14.7. The summed E-state index contributed by atoms with van der Waals surface area (Å²) in [5.41, 5.74) is 0.868. The summed E-state index contributed by atoms with van der Waals surface area (Å²) in [5, 5.41) is 4.36. The van der Waals surface area contributed by atoms with Crippen molar-refractivity contribution >= 4 is 11.6 Å². The van der Waals surface area contributed by atoms with Gasteiger partial charge >= 0.3 is 6.01 Å². The summed E-state index contributed by atoms with van der Waals surface area (Å²) in [6.07, 6.45) is 2.81. The van der Waals surface area contributed by atoms with E-state index in [2.05, 4.69) is 20.1 Å². The van der Waals surface area contributed by atoms with Crippen LogP contribution in [-0.4, -0.2) is 31.8 Å². The molecule has 106 valence electrons. The van der Waals surface area contributed by atoms with Crippen LogP contribution in [0.3, 0.4) is 0 Å². The highest BCUT2D eigenvalue weighted by Gasteiger charge is 2.14. The molecule has 0 saturated carbocycles. The molecule has 7 nitrogen and oxygen atoms in total. The predicted octanol–water partition coefficient (Wildman–Crippen LogP) is 2.51. The standard InChI is InChI=1S/C13H10ClN5O2/c1-20-10-11(14)15-7-16-12(10)21-13-17-8-19(18-13)9-5-3-2-4-6-9/h2-8H,1H3. The van der Waals surface area contributed by atoms with Crippen LogP contribution in [0, 0.1) is 0 Å². The van der Waals surface area contributed by atoms with Gasteiger partial charge in [-0.05, 0) is 12.1 Å². The first-order valence-electron chi connectivity index (χ1n) is 5.97. The van der Waals surface area contributed by atoms with Crippen molar-refractivity contribution in [3.63, 3.8) is 0 Å². The average Bonchev–Trinajstić information content (AvgIpc) is 2.97. The molecule has 0 spiro atoms. The van der Waals surface area contributed by atoms with E-state index in [4.69, 9.17) is 21.1 Å². The highest BCUT2D eigenvalue weighted by molar-refractivity contribution is 6.31. The number of hydrogen-bond donors (Lipinski definition) is 0. The normalized spacial score (nSPS) is 10.4. The molecule has 1 aromatic carbocycles. The van der Waals surface area contributed by atoms with Gasteiger partial charge in [0.15, 0.2) is 5.15 Å². The molecule has 0 amide bonds. The molecule has 0 saturated heterocycles. The second-order valence-corrected chi connectivity index (χ2v) is 4.27. The predicted molar refractivity (Wildman–Crippen MR) is 75.0 cm³/mol. The maximum absolute atomic E-state index is 5.89. The Labute approximate surface area is 125 Å². The maximum Gasteiger partial charge on any atom is 0.342 e. The molecule has 0 aliphatic carbocycles. The van der Waals surface area contributed by atoms with E-state index in [0.717, 1.165) is 5.69 Å².